The van der Waals surface area contributed by atoms with Crippen LogP contribution in [0.1, 0.15) is 55.8 Å². The molecule has 4 saturated carbocycles. The van der Waals surface area contributed by atoms with Crippen LogP contribution < -0.4 is 0 Å². The molecule has 0 aromatic heterocycles. The second kappa shape index (κ2) is 6.41. The monoisotopic (exact) mass is 348 g/mol. The number of hydrogen-bond acceptors (Lipinski definition) is 1. The van der Waals surface area contributed by atoms with Gasteiger partial charge in [-0.25, -0.2) is 0 Å². The van der Waals surface area contributed by atoms with Gasteiger partial charge < -0.3 is 4.43 Å². The van der Waals surface area contributed by atoms with Crippen molar-refractivity contribution in [3.63, 3.8) is 0 Å². The first-order valence-corrected chi connectivity index (χ1v) is 11.3. The van der Waals surface area contributed by atoms with E-state index in [-0.39, 0.29) is 6.10 Å². The average Bonchev–Trinajstić information content (AvgIpc) is 2.62. The SMILES string of the molecule is c1ccc(C(O[SiH2]C23CC4CC(CC(C4)C2)C3)c2ccccc2)cc1. The maximum absolute atomic E-state index is 6.84. The molecule has 0 saturated heterocycles. The Morgan fingerprint density at radius 1 is 0.720 bits per heavy atom. The first-order chi connectivity index (χ1) is 12.3. The lowest BCUT2D eigenvalue weighted by molar-refractivity contribution is 0.0202. The van der Waals surface area contributed by atoms with E-state index in [0.717, 1.165) is 17.8 Å². The normalized spacial score (nSPS) is 33.6. The van der Waals surface area contributed by atoms with Crippen molar-refractivity contribution in [2.75, 3.05) is 0 Å². The van der Waals surface area contributed by atoms with Crippen LogP contribution in [-0.4, -0.2) is 9.76 Å². The van der Waals surface area contributed by atoms with E-state index in [9.17, 15) is 0 Å². The molecule has 0 radical (unpaired) electrons. The fraction of sp³-hybridized carbons (Fsp3) is 0.478. The van der Waals surface area contributed by atoms with Crippen molar-refractivity contribution >= 4 is 9.76 Å². The smallest absolute Gasteiger partial charge is 0.169 e. The topological polar surface area (TPSA) is 9.23 Å². The summed E-state index contributed by atoms with van der Waals surface area (Å²) < 4.78 is 6.84. The fourth-order valence-electron chi connectivity index (χ4n) is 6.37. The zero-order valence-corrected chi connectivity index (χ0v) is 16.4. The summed E-state index contributed by atoms with van der Waals surface area (Å²) in [5.74, 6) is 3.07. The standard InChI is InChI=1S/C23H28OSi/c1-3-7-20(8-4-1)22(21-9-5-2-6-10-21)24-25-23-14-17-11-18(15-23)13-19(12-17)16-23/h1-10,17-19,22H,11-16,25H2. The van der Waals surface area contributed by atoms with Crippen LogP contribution in [-0.2, 0) is 4.43 Å². The summed E-state index contributed by atoms with van der Waals surface area (Å²) in [6.45, 7) is 0. The first-order valence-electron chi connectivity index (χ1n) is 10.0. The van der Waals surface area contributed by atoms with Crippen molar-refractivity contribution in [2.24, 2.45) is 17.8 Å². The van der Waals surface area contributed by atoms with E-state index in [1.807, 2.05) is 0 Å². The Labute approximate surface area is 153 Å². The van der Waals surface area contributed by atoms with Gasteiger partial charge in [-0.05, 0) is 72.4 Å². The number of benzene rings is 2. The average molecular weight is 349 g/mol. The van der Waals surface area contributed by atoms with E-state index in [1.54, 1.807) is 0 Å². The van der Waals surface area contributed by atoms with E-state index >= 15 is 0 Å². The predicted octanol–water partition coefficient (Wildman–Crippen LogP) is 5.27. The molecular weight excluding hydrogens is 320 g/mol. The molecule has 0 heterocycles. The van der Waals surface area contributed by atoms with Gasteiger partial charge in [-0.15, -0.1) is 0 Å². The molecule has 4 fully saturated rings. The van der Waals surface area contributed by atoms with Gasteiger partial charge in [-0.2, -0.15) is 0 Å². The maximum atomic E-state index is 6.84. The van der Waals surface area contributed by atoms with Crippen molar-refractivity contribution in [2.45, 2.75) is 49.7 Å². The van der Waals surface area contributed by atoms with Gasteiger partial charge in [-0.3, -0.25) is 0 Å². The van der Waals surface area contributed by atoms with Gasteiger partial charge in [0.05, 0.1) is 6.10 Å². The molecule has 130 valence electrons. The van der Waals surface area contributed by atoms with Gasteiger partial charge in [0.2, 0.25) is 0 Å². The molecule has 0 N–H and O–H groups in total. The van der Waals surface area contributed by atoms with E-state index in [4.69, 9.17) is 4.43 Å². The van der Waals surface area contributed by atoms with Gasteiger partial charge in [0.25, 0.3) is 0 Å². The van der Waals surface area contributed by atoms with Crippen LogP contribution in [0.4, 0.5) is 0 Å². The zero-order chi connectivity index (χ0) is 16.7. The minimum atomic E-state index is -0.558. The first kappa shape index (κ1) is 15.8. The van der Waals surface area contributed by atoms with Crippen LogP contribution in [0.15, 0.2) is 60.7 Å². The molecule has 0 unspecified atom stereocenters. The Hall–Kier alpha value is -1.38. The van der Waals surface area contributed by atoms with Crippen LogP contribution in [0, 0.1) is 17.8 Å². The molecule has 6 rings (SSSR count). The fourth-order valence-corrected chi connectivity index (χ4v) is 8.85. The van der Waals surface area contributed by atoms with Crippen molar-refractivity contribution in [1.82, 2.24) is 0 Å². The Kier molecular flexibility index (Phi) is 4.06. The molecule has 2 aromatic rings. The molecule has 4 aliphatic rings. The van der Waals surface area contributed by atoms with Gasteiger partial charge in [0.1, 0.15) is 0 Å². The Bertz CT molecular complexity index is 637. The number of rotatable bonds is 5. The van der Waals surface area contributed by atoms with E-state index in [1.165, 1.54) is 49.7 Å². The molecule has 0 aliphatic heterocycles. The van der Waals surface area contributed by atoms with Crippen molar-refractivity contribution in [1.29, 1.82) is 0 Å². The summed E-state index contributed by atoms with van der Waals surface area (Å²) in [7, 11) is -0.558. The lowest BCUT2D eigenvalue weighted by Crippen LogP contribution is -2.45. The second-order valence-electron chi connectivity index (χ2n) is 8.93. The van der Waals surface area contributed by atoms with Gasteiger partial charge >= 0.3 is 0 Å². The Balaban J connectivity index is 1.38. The lowest BCUT2D eigenvalue weighted by Gasteiger charge is -2.56. The third-order valence-corrected chi connectivity index (χ3v) is 8.90. The molecule has 2 heteroatoms. The molecule has 4 aliphatic carbocycles. The quantitative estimate of drug-likeness (QED) is 0.669. The number of hydrogen-bond donors (Lipinski definition) is 0. The highest BCUT2D eigenvalue weighted by Crippen LogP contribution is 2.63. The largest absolute Gasteiger partial charge is 0.412 e. The summed E-state index contributed by atoms with van der Waals surface area (Å²) in [6, 6.07) is 21.7. The molecule has 0 amide bonds. The van der Waals surface area contributed by atoms with Crippen LogP contribution in [0.5, 0.6) is 0 Å². The molecule has 2 aromatic carbocycles. The summed E-state index contributed by atoms with van der Waals surface area (Å²) in [6.07, 6.45) is 9.11. The molecule has 0 spiro atoms. The van der Waals surface area contributed by atoms with Crippen LogP contribution >= 0.6 is 0 Å². The van der Waals surface area contributed by atoms with Gasteiger partial charge in [0, 0.05) is 0 Å². The zero-order valence-electron chi connectivity index (χ0n) is 14.9. The van der Waals surface area contributed by atoms with Crippen molar-refractivity contribution < 1.29 is 4.43 Å². The highest BCUT2D eigenvalue weighted by molar-refractivity contribution is 6.32. The van der Waals surface area contributed by atoms with Crippen LogP contribution in [0.3, 0.4) is 0 Å². The molecule has 4 bridgehead atoms. The third kappa shape index (κ3) is 3.11. The third-order valence-electron chi connectivity index (χ3n) is 6.93. The van der Waals surface area contributed by atoms with Gasteiger partial charge in [0.15, 0.2) is 9.76 Å². The van der Waals surface area contributed by atoms with Crippen LogP contribution in [0.2, 0.25) is 5.04 Å². The Morgan fingerprint density at radius 3 is 1.60 bits per heavy atom. The second-order valence-corrected chi connectivity index (χ2v) is 11.1. The van der Waals surface area contributed by atoms with Crippen molar-refractivity contribution in [3.05, 3.63) is 71.8 Å². The summed E-state index contributed by atoms with van der Waals surface area (Å²) >= 11 is 0. The molecule has 1 nitrogen and oxygen atoms in total. The van der Waals surface area contributed by atoms with E-state index in [2.05, 4.69) is 60.7 Å². The van der Waals surface area contributed by atoms with Gasteiger partial charge in [-0.1, -0.05) is 60.7 Å². The maximum Gasteiger partial charge on any atom is 0.169 e. The lowest BCUT2D eigenvalue weighted by atomic mass is 9.56. The molecule has 25 heavy (non-hydrogen) atoms. The highest BCUT2D eigenvalue weighted by atomic mass is 28.2. The molecule has 0 atom stereocenters. The molecular formula is C23H28OSi. The Morgan fingerprint density at radius 2 is 1.16 bits per heavy atom. The van der Waals surface area contributed by atoms with E-state index < -0.39 is 9.76 Å². The summed E-state index contributed by atoms with van der Waals surface area (Å²) in [4.78, 5) is 0. The summed E-state index contributed by atoms with van der Waals surface area (Å²) in [5.41, 5.74) is 2.62. The van der Waals surface area contributed by atoms with Crippen molar-refractivity contribution in [3.8, 4) is 0 Å². The van der Waals surface area contributed by atoms with Crippen LogP contribution in [0.25, 0.3) is 0 Å². The van der Waals surface area contributed by atoms with E-state index in [0.29, 0.717) is 5.04 Å². The minimum absolute atomic E-state index is 0.127. The summed E-state index contributed by atoms with van der Waals surface area (Å²) in [5, 5.41) is 0.608. The highest BCUT2D eigenvalue weighted by Gasteiger charge is 2.51. The minimum Gasteiger partial charge on any atom is -0.412 e. The predicted molar refractivity (Wildman–Crippen MR) is 105 cm³/mol.